The van der Waals surface area contributed by atoms with E-state index in [2.05, 4.69) is 10.2 Å². The Kier molecular flexibility index (Phi) is 4.40. The molecule has 0 unspecified atom stereocenters. The molecule has 1 aliphatic rings. The normalized spacial score (nSPS) is 16.9. The highest BCUT2D eigenvalue weighted by atomic mass is 32.1. The van der Waals surface area contributed by atoms with Crippen molar-refractivity contribution in [3.63, 3.8) is 0 Å². The smallest absolute Gasteiger partial charge is 0.208 e. The van der Waals surface area contributed by atoms with Crippen molar-refractivity contribution in [3.05, 3.63) is 40.7 Å². The van der Waals surface area contributed by atoms with Gasteiger partial charge in [0.05, 0.1) is 5.60 Å². The molecule has 0 aliphatic heterocycles. The van der Waals surface area contributed by atoms with Crippen molar-refractivity contribution in [1.29, 1.82) is 0 Å². The molecular formula is C16H20FN3OS. The van der Waals surface area contributed by atoms with Crippen molar-refractivity contribution < 1.29 is 9.50 Å². The number of hydrogen-bond acceptors (Lipinski definition) is 5. The van der Waals surface area contributed by atoms with Crippen LogP contribution < -0.4 is 4.90 Å². The van der Waals surface area contributed by atoms with Gasteiger partial charge in [0, 0.05) is 20.0 Å². The largest absolute Gasteiger partial charge is 0.388 e. The standard InChI is InChI=1S/C16H20FN3OS/c1-20(11-16(21)8-4-5-9-16)15-19-18-14(22-15)10-12-6-2-3-7-13(12)17/h2-3,6-7,21H,4-5,8-11H2,1H3. The van der Waals surface area contributed by atoms with Gasteiger partial charge in [-0.3, -0.25) is 0 Å². The fourth-order valence-corrected chi connectivity index (χ4v) is 3.80. The summed E-state index contributed by atoms with van der Waals surface area (Å²) in [5.74, 6) is -0.215. The van der Waals surface area contributed by atoms with E-state index in [4.69, 9.17) is 0 Å². The Labute approximate surface area is 133 Å². The summed E-state index contributed by atoms with van der Waals surface area (Å²) in [6.07, 6.45) is 4.30. The lowest BCUT2D eigenvalue weighted by atomic mass is 10.0. The maximum Gasteiger partial charge on any atom is 0.208 e. The molecule has 0 atom stereocenters. The van der Waals surface area contributed by atoms with Crippen LogP contribution in [-0.4, -0.2) is 34.5 Å². The first kappa shape index (κ1) is 15.4. The molecule has 1 heterocycles. The fraction of sp³-hybridized carbons (Fsp3) is 0.500. The molecule has 1 N–H and O–H groups in total. The highest BCUT2D eigenvalue weighted by Gasteiger charge is 2.33. The molecule has 4 nitrogen and oxygen atoms in total. The molecule has 0 radical (unpaired) electrons. The number of hydrogen-bond donors (Lipinski definition) is 1. The molecule has 0 spiro atoms. The van der Waals surface area contributed by atoms with Crippen LogP contribution in [0.3, 0.4) is 0 Å². The molecule has 0 amide bonds. The van der Waals surface area contributed by atoms with E-state index in [-0.39, 0.29) is 5.82 Å². The Morgan fingerprint density at radius 3 is 2.73 bits per heavy atom. The van der Waals surface area contributed by atoms with Crippen molar-refractivity contribution >= 4 is 16.5 Å². The van der Waals surface area contributed by atoms with Crippen LogP contribution in [0.15, 0.2) is 24.3 Å². The highest BCUT2D eigenvalue weighted by Crippen LogP contribution is 2.32. The van der Waals surface area contributed by atoms with E-state index in [1.807, 2.05) is 18.0 Å². The number of aliphatic hydroxyl groups is 1. The molecule has 1 saturated carbocycles. The van der Waals surface area contributed by atoms with Gasteiger partial charge < -0.3 is 10.0 Å². The lowest BCUT2D eigenvalue weighted by molar-refractivity contribution is 0.0559. The second kappa shape index (κ2) is 6.30. The summed E-state index contributed by atoms with van der Waals surface area (Å²) in [7, 11) is 1.92. The van der Waals surface area contributed by atoms with Crippen LogP contribution in [0.5, 0.6) is 0 Å². The van der Waals surface area contributed by atoms with E-state index < -0.39 is 5.60 Å². The molecule has 3 rings (SSSR count). The molecule has 1 aromatic heterocycles. The average molecular weight is 321 g/mol. The molecule has 1 fully saturated rings. The van der Waals surface area contributed by atoms with Gasteiger partial charge in [-0.25, -0.2) is 4.39 Å². The van der Waals surface area contributed by atoms with E-state index >= 15 is 0 Å². The maximum absolute atomic E-state index is 13.7. The quantitative estimate of drug-likeness (QED) is 0.920. The first-order chi connectivity index (χ1) is 10.6. The summed E-state index contributed by atoms with van der Waals surface area (Å²) < 4.78 is 13.7. The van der Waals surface area contributed by atoms with Gasteiger partial charge in [-0.15, -0.1) is 10.2 Å². The Morgan fingerprint density at radius 1 is 1.27 bits per heavy atom. The van der Waals surface area contributed by atoms with E-state index in [0.29, 0.717) is 18.5 Å². The van der Waals surface area contributed by atoms with E-state index in [1.54, 1.807) is 12.1 Å². The van der Waals surface area contributed by atoms with Gasteiger partial charge in [-0.1, -0.05) is 42.4 Å². The molecule has 1 aliphatic carbocycles. The summed E-state index contributed by atoms with van der Waals surface area (Å²) in [6.45, 7) is 0.571. The maximum atomic E-state index is 13.7. The summed E-state index contributed by atoms with van der Waals surface area (Å²) >= 11 is 1.45. The number of benzene rings is 1. The van der Waals surface area contributed by atoms with Crippen molar-refractivity contribution in [2.24, 2.45) is 0 Å². The number of aromatic nitrogens is 2. The van der Waals surface area contributed by atoms with Crippen LogP contribution in [0.4, 0.5) is 9.52 Å². The summed E-state index contributed by atoms with van der Waals surface area (Å²) in [5.41, 5.74) is 0.0221. The van der Waals surface area contributed by atoms with Crippen LogP contribution in [0.1, 0.15) is 36.3 Å². The van der Waals surface area contributed by atoms with Gasteiger partial charge in [-0.05, 0) is 24.5 Å². The van der Waals surface area contributed by atoms with Crippen LogP contribution in [0.25, 0.3) is 0 Å². The molecule has 1 aromatic carbocycles. The Hall–Kier alpha value is -1.53. The predicted octanol–water partition coefficient (Wildman–Crippen LogP) is 3.01. The zero-order valence-corrected chi connectivity index (χ0v) is 13.4. The van der Waals surface area contributed by atoms with Crippen molar-refractivity contribution in [1.82, 2.24) is 10.2 Å². The number of anilines is 1. The second-order valence-electron chi connectivity index (χ2n) is 6.03. The molecule has 22 heavy (non-hydrogen) atoms. The molecule has 118 valence electrons. The fourth-order valence-electron chi connectivity index (χ4n) is 2.98. The van der Waals surface area contributed by atoms with E-state index in [9.17, 15) is 9.50 Å². The Balaban J connectivity index is 1.67. The van der Waals surface area contributed by atoms with Crippen molar-refractivity contribution in [2.45, 2.75) is 37.7 Å². The van der Waals surface area contributed by atoms with E-state index in [1.165, 1.54) is 17.4 Å². The lowest BCUT2D eigenvalue weighted by Crippen LogP contribution is -2.39. The lowest BCUT2D eigenvalue weighted by Gasteiger charge is -2.27. The molecule has 6 heteroatoms. The summed E-state index contributed by atoms with van der Waals surface area (Å²) in [5, 5.41) is 20.3. The third-order valence-electron chi connectivity index (χ3n) is 4.15. The Bertz CT molecular complexity index is 640. The van der Waals surface area contributed by atoms with Crippen LogP contribution in [0.2, 0.25) is 0 Å². The van der Waals surface area contributed by atoms with Crippen molar-refractivity contribution in [2.75, 3.05) is 18.5 Å². The van der Waals surface area contributed by atoms with Crippen LogP contribution in [0, 0.1) is 5.82 Å². The monoisotopic (exact) mass is 321 g/mol. The molecule has 0 saturated heterocycles. The molecule has 2 aromatic rings. The molecule has 0 bridgehead atoms. The van der Waals surface area contributed by atoms with Crippen molar-refractivity contribution in [3.8, 4) is 0 Å². The zero-order valence-electron chi connectivity index (χ0n) is 12.6. The highest BCUT2D eigenvalue weighted by molar-refractivity contribution is 7.15. The second-order valence-corrected chi connectivity index (χ2v) is 7.07. The molecular weight excluding hydrogens is 301 g/mol. The number of likely N-dealkylation sites (N-methyl/N-ethyl adjacent to an activating group) is 1. The minimum atomic E-state index is -0.605. The SMILES string of the molecule is CN(CC1(O)CCCC1)c1nnc(Cc2ccccc2F)s1. The van der Waals surface area contributed by atoms with Crippen LogP contribution >= 0.6 is 11.3 Å². The number of nitrogens with zero attached hydrogens (tertiary/aromatic N) is 3. The third-order valence-corrected chi connectivity index (χ3v) is 5.19. The number of rotatable bonds is 5. The van der Waals surface area contributed by atoms with Gasteiger partial charge in [0.2, 0.25) is 5.13 Å². The van der Waals surface area contributed by atoms with Gasteiger partial charge in [0.1, 0.15) is 10.8 Å². The van der Waals surface area contributed by atoms with Crippen LogP contribution in [-0.2, 0) is 6.42 Å². The van der Waals surface area contributed by atoms with E-state index in [0.717, 1.165) is 35.8 Å². The van der Waals surface area contributed by atoms with Gasteiger partial charge in [-0.2, -0.15) is 0 Å². The summed E-state index contributed by atoms with van der Waals surface area (Å²) in [4.78, 5) is 1.95. The average Bonchev–Trinajstić information content (AvgIpc) is 3.11. The Morgan fingerprint density at radius 2 is 2.00 bits per heavy atom. The number of halogens is 1. The van der Waals surface area contributed by atoms with Gasteiger partial charge >= 0.3 is 0 Å². The third kappa shape index (κ3) is 3.44. The minimum Gasteiger partial charge on any atom is -0.388 e. The minimum absolute atomic E-state index is 0.215. The predicted molar refractivity (Wildman–Crippen MR) is 85.8 cm³/mol. The first-order valence-electron chi connectivity index (χ1n) is 7.55. The zero-order chi connectivity index (χ0) is 15.6. The van der Waals surface area contributed by atoms with Gasteiger partial charge in [0.15, 0.2) is 0 Å². The first-order valence-corrected chi connectivity index (χ1v) is 8.37. The van der Waals surface area contributed by atoms with Gasteiger partial charge in [0.25, 0.3) is 0 Å². The topological polar surface area (TPSA) is 49.2 Å². The summed E-state index contributed by atoms with van der Waals surface area (Å²) in [6, 6.07) is 6.73.